The summed E-state index contributed by atoms with van der Waals surface area (Å²) in [5.74, 6) is 0.474. The summed E-state index contributed by atoms with van der Waals surface area (Å²) in [7, 11) is 3.04. The fourth-order valence-electron chi connectivity index (χ4n) is 2.93. The molecule has 0 unspecified atom stereocenters. The first-order valence-electron chi connectivity index (χ1n) is 8.75. The van der Waals surface area contributed by atoms with Gasteiger partial charge in [0.05, 0.1) is 14.2 Å². The van der Waals surface area contributed by atoms with Gasteiger partial charge in [0.15, 0.2) is 11.5 Å². The second kappa shape index (κ2) is 8.52. The van der Waals surface area contributed by atoms with Gasteiger partial charge in [0.25, 0.3) is 0 Å². The molecule has 7 heteroatoms. The summed E-state index contributed by atoms with van der Waals surface area (Å²) in [4.78, 5) is 24.0. The first-order chi connectivity index (χ1) is 13.9. The van der Waals surface area contributed by atoms with E-state index in [1.165, 1.54) is 32.4 Å². The van der Waals surface area contributed by atoms with Gasteiger partial charge in [0.2, 0.25) is 0 Å². The SMILES string of the molecule is COc1cccc(/C=C/C(=O)OCc2cc(=O)oc3c(C)c(O)ccc23)c1OC. The number of benzene rings is 2. The van der Waals surface area contributed by atoms with Crippen LogP contribution in [0.5, 0.6) is 17.2 Å². The Kier molecular flexibility index (Phi) is 5.87. The van der Waals surface area contributed by atoms with E-state index >= 15 is 0 Å². The van der Waals surface area contributed by atoms with Crippen LogP contribution in [-0.2, 0) is 16.1 Å². The van der Waals surface area contributed by atoms with Crippen LogP contribution < -0.4 is 15.1 Å². The Morgan fingerprint density at radius 3 is 2.69 bits per heavy atom. The molecule has 0 fully saturated rings. The molecule has 0 aliphatic heterocycles. The highest BCUT2D eigenvalue weighted by Crippen LogP contribution is 2.31. The number of aryl methyl sites for hydroxylation is 1. The van der Waals surface area contributed by atoms with E-state index in [9.17, 15) is 14.7 Å². The van der Waals surface area contributed by atoms with E-state index in [2.05, 4.69) is 0 Å². The lowest BCUT2D eigenvalue weighted by Crippen LogP contribution is -2.06. The van der Waals surface area contributed by atoms with Crippen molar-refractivity contribution in [3.63, 3.8) is 0 Å². The average molecular weight is 396 g/mol. The van der Waals surface area contributed by atoms with Crippen molar-refractivity contribution in [1.29, 1.82) is 0 Å². The normalized spacial score (nSPS) is 11.0. The topological polar surface area (TPSA) is 95.2 Å². The van der Waals surface area contributed by atoms with Gasteiger partial charge in [-0.3, -0.25) is 0 Å². The lowest BCUT2D eigenvalue weighted by molar-refractivity contribution is -0.138. The summed E-state index contributed by atoms with van der Waals surface area (Å²) >= 11 is 0. The smallest absolute Gasteiger partial charge is 0.336 e. The Morgan fingerprint density at radius 2 is 1.97 bits per heavy atom. The quantitative estimate of drug-likeness (QED) is 0.386. The van der Waals surface area contributed by atoms with Crippen LogP contribution in [0.25, 0.3) is 17.0 Å². The van der Waals surface area contributed by atoms with Gasteiger partial charge in [0.1, 0.15) is 17.9 Å². The van der Waals surface area contributed by atoms with E-state index in [1.54, 1.807) is 37.3 Å². The lowest BCUT2D eigenvalue weighted by Gasteiger charge is -2.10. The van der Waals surface area contributed by atoms with Gasteiger partial charge >= 0.3 is 11.6 Å². The predicted molar refractivity (Wildman–Crippen MR) is 107 cm³/mol. The standard InChI is InChI=1S/C22H20O7/c1-13-17(23)9-8-16-15(11-20(25)29-21(13)16)12-28-19(24)10-7-14-5-4-6-18(26-2)22(14)27-3/h4-11,23H,12H2,1-3H3/b10-7+. The summed E-state index contributed by atoms with van der Waals surface area (Å²) in [6, 6.07) is 9.68. The zero-order valence-corrected chi connectivity index (χ0v) is 16.2. The molecule has 2 aromatic carbocycles. The summed E-state index contributed by atoms with van der Waals surface area (Å²) in [6.07, 6.45) is 2.82. The molecule has 29 heavy (non-hydrogen) atoms. The highest BCUT2D eigenvalue weighted by molar-refractivity contribution is 5.88. The van der Waals surface area contributed by atoms with Crippen molar-refractivity contribution in [2.24, 2.45) is 0 Å². The molecule has 0 aliphatic rings. The number of esters is 1. The van der Waals surface area contributed by atoms with Gasteiger partial charge in [-0.2, -0.15) is 0 Å². The van der Waals surface area contributed by atoms with Gasteiger partial charge in [-0.05, 0) is 31.2 Å². The molecule has 0 spiro atoms. The Labute approximate surface area is 166 Å². The molecule has 3 rings (SSSR count). The fourth-order valence-corrected chi connectivity index (χ4v) is 2.93. The van der Waals surface area contributed by atoms with Crippen molar-refractivity contribution in [2.45, 2.75) is 13.5 Å². The fraction of sp³-hybridized carbons (Fsp3) is 0.182. The first-order valence-corrected chi connectivity index (χ1v) is 8.75. The van der Waals surface area contributed by atoms with E-state index in [4.69, 9.17) is 18.6 Å². The second-order valence-electron chi connectivity index (χ2n) is 6.20. The molecule has 0 saturated heterocycles. The lowest BCUT2D eigenvalue weighted by atomic mass is 10.1. The molecule has 1 aromatic heterocycles. The minimum atomic E-state index is -0.591. The van der Waals surface area contributed by atoms with Crippen LogP contribution >= 0.6 is 0 Å². The Morgan fingerprint density at radius 1 is 1.17 bits per heavy atom. The van der Waals surface area contributed by atoms with Crippen LogP contribution in [0.1, 0.15) is 16.7 Å². The number of para-hydroxylation sites is 1. The van der Waals surface area contributed by atoms with E-state index in [0.29, 0.717) is 33.6 Å². The van der Waals surface area contributed by atoms with Gasteiger partial charge < -0.3 is 23.7 Å². The summed E-state index contributed by atoms with van der Waals surface area (Å²) in [6.45, 7) is 1.52. The second-order valence-corrected chi connectivity index (χ2v) is 6.20. The number of carbonyl (C=O) groups excluding carboxylic acids is 1. The van der Waals surface area contributed by atoms with Crippen molar-refractivity contribution >= 4 is 23.0 Å². The minimum absolute atomic E-state index is 0.0185. The van der Waals surface area contributed by atoms with Gasteiger partial charge in [-0.15, -0.1) is 0 Å². The highest BCUT2D eigenvalue weighted by Gasteiger charge is 2.12. The average Bonchev–Trinajstić information content (AvgIpc) is 2.72. The largest absolute Gasteiger partial charge is 0.508 e. The van der Waals surface area contributed by atoms with Crippen molar-refractivity contribution in [1.82, 2.24) is 0 Å². The van der Waals surface area contributed by atoms with Crippen LogP contribution in [0.15, 0.2) is 51.7 Å². The number of methoxy groups -OCH3 is 2. The molecule has 1 N–H and O–H groups in total. The molecule has 3 aromatic rings. The van der Waals surface area contributed by atoms with Crippen LogP contribution in [-0.4, -0.2) is 25.3 Å². The summed E-state index contributed by atoms with van der Waals surface area (Å²) < 4.78 is 21.0. The van der Waals surface area contributed by atoms with Crippen molar-refractivity contribution in [3.05, 3.63) is 69.6 Å². The molecular formula is C22H20O7. The van der Waals surface area contributed by atoms with Crippen LogP contribution in [0.4, 0.5) is 0 Å². The third-order valence-corrected chi connectivity index (χ3v) is 4.42. The maximum absolute atomic E-state index is 12.2. The van der Waals surface area contributed by atoms with Crippen molar-refractivity contribution < 1.29 is 28.5 Å². The van der Waals surface area contributed by atoms with E-state index in [0.717, 1.165) is 0 Å². The van der Waals surface area contributed by atoms with Crippen LogP contribution in [0.3, 0.4) is 0 Å². The molecule has 0 saturated carbocycles. The number of aromatic hydroxyl groups is 1. The molecule has 0 bridgehead atoms. The number of fused-ring (bicyclic) bond motifs is 1. The van der Waals surface area contributed by atoms with E-state index in [-0.39, 0.29) is 17.9 Å². The Bertz CT molecular complexity index is 1140. The molecule has 0 radical (unpaired) electrons. The monoisotopic (exact) mass is 396 g/mol. The molecule has 1 heterocycles. The summed E-state index contributed by atoms with van der Waals surface area (Å²) in [5, 5.41) is 10.4. The first kappa shape index (κ1) is 20.0. The zero-order valence-electron chi connectivity index (χ0n) is 16.2. The van der Waals surface area contributed by atoms with E-state index in [1.807, 2.05) is 0 Å². The molecule has 7 nitrogen and oxygen atoms in total. The van der Waals surface area contributed by atoms with Gasteiger partial charge in [-0.25, -0.2) is 9.59 Å². The zero-order chi connectivity index (χ0) is 21.0. The number of ether oxygens (including phenoxy) is 3. The van der Waals surface area contributed by atoms with Crippen molar-refractivity contribution in [2.75, 3.05) is 14.2 Å². The van der Waals surface area contributed by atoms with Crippen LogP contribution in [0, 0.1) is 6.92 Å². The number of hydrogen-bond acceptors (Lipinski definition) is 7. The third-order valence-electron chi connectivity index (χ3n) is 4.42. The van der Waals surface area contributed by atoms with Gasteiger partial charge in [-0.1, -0.05) is 12.1 Å². The van der Waals surface area contributed by atoms with Crippen LogP contribution in [0.2, 0.25) is 0 Å². The minimum Gasteiger partial charge on any atom is -0.508 e. The molecule has 0 amide bonds. The van der Waals surface area contributed by atoms with Crippen molar-refractivity contribution in [3.8, 4) is 17.2 Å². The maximum Gasteiger partial charge on any atom is 0.336 e. The number of rotatable bonds is 6. The summed E-state index contributed by atoms with van der Waals surface area (Å²) in [5.41, 5.74) is 1.26. The maximum atomic E-state index is 12.2. The molecule has 0 atom stereocenters. The number of carbonyl (C=O) groups is 1. The van der Waals surface area contributed by atoms with Gasteiger partial charge in [0, 0.05) is 34.2 Å². The predicted octanol–water partition coefficient (Wildman–Crippen LogP) is 3.58. The Hall–Kier alpha value is -3.74. The molecular weight excluding hydrogens is 376 g/mol. The number of phenols is 1. The number of phenolic OH excluding ortho intramolecular Hbond substituents is 1. The number of hydrogen-bond donors (Lipinski definition) is 1. The molecule has 0 aliphatic carbocycles. The van der Waals surface area contributed by atoms with E-state index < -0.39 is 11.6 Å². The Balaban J connectivity index is 1.79. The highest BCUT2D eigenvalue weighted by atomic mass is 16.5. The third kappa shape index (κ3) is 4.24. The molecule has 150 valence electrons.